The van der Waals surface area contributed by atoms with E-state index >= 15 is 0 Å². The van der Waals surface area contributed by atoms with Crippen molar-refractivity contribution in [2.45, 2.75) is 31.3 Å². The van der Waals surface area contributed by atoms with E-state index in [0.717, 1.165) is 28.6 Å². The number of hydrogen-bond acceptors (Lipinski definition) is 2. The van der Waals surface area contributed by atoms with Crippen molar-refractivity contribution in [2.24, 2.45) is 0 Å². The van der Waals surface area contributed by atoms with Crippen LogP contribution in [0.1, 0.15) is 29.6 Å². The summed E-state index contributed by atoms with van der Waals surface area (Å²) in [4.78, 5) is 14.6. The molecule has 3 rings (SSSR count). The topological polar surface area (TPSA) is 32.3 Å². The molecule has 0 saturated carbocycles. The molecule has 2 heterocycles. The van der Waals surface area contributed by atoms with Gasteiger partial charge >= 0.3 is 0 Å². The van der Waals surface area contributed by atoms with Gasteiger partial charge in [-0.2, -0.15) is 0 Å². The van der Waals surface area contributed by atoms with Gasteiger partial charge in [-0.25, -0.2) is 0 Å². The Morgan fingerprint density at radius 2 is 2.11 bits per heavy atom. The SMILES string of the molecule is O=C(c1cc(Cl)ccc1I)N1CCC2CCC(C1)N2. The first-order chi connectivity index (χ1) is 9.13. The number of likely N-dealkylation sites (tertiary alicyclic amines) is 1. The van der Waals surface area contributed by atoms with E-state index in [1.807, 2.05) is 17.0 Å². The van der Waals surface area contributed by atoms with E-state index in [0.29, 0.717) is 17.1 Å². The van der Waals surface area contributed by atoms with Crippen molar-refractivity contribution in [1.82, 2.24) is 10.2 Å². The van der Waals surface area contributed by atoms with Gasteiger partial charge in [0, 0.05) is 33.8 Å². The predicted molar refractivity (Wildman–Crippen MR) is 84.6 cm³/mol. The second kappa shape index (κ2) is 5.58. The molecule has 102 valence electrons. The fourth-order valence-corrected chi connectivity index (χ4v) is 3.70. The van der Waals surface area contributed by atoms with Crippen molar-refractivity contribution in [3.05, 3.63) is 32.4 Å². The molecule has 2 fully saturated rings. The molecule has 1 aromatic rings. The quantitative estimate of drug-likeness (QED) is 0.748. The van der Waals surface area contributed by atoms with Crippen molar-refractivity contribution >= 4 is 40.1 Å². The molecule has 2 unspecified atom stereocenters. The summed E-state index contributed by atoms with van der Waals surface area (Å²) in [7, 11) is 0. The number of fused-ring (bicyclic) bond motifs is 2. The summed E-state index contributed by atoms with van der Waals surface area (Å²) in [6.07, 6.45) is 3.49. The molecule has 1 amide bonds. The molecule has 3 nitrogen and oxygen atoms in total. The summed E-state index contributed by atoms with van der Waals surface area (Å²) in [5.74, 6) is 0.112. The van der Waals surface area contributed by atoms with Crippen LogP contribution in [0.2, 0.25) is 5.02 Å². The van der Waals surface area contributed by atoms with Crippen LogP contribution in [0.25, 0.3) is 0 Å². The molecule has 1 aromatic carbocycles. The van der Waals surface area contributed by atoms with E-state index in [-0.39, 0.29) is 5.91 Å². The van der Waals surface area contributed by atoms with Gasteiger partial charge in [-0.15, -0.1) is 0 Å². The van der Waals surface area contributed by atoms with Gasteiger partial charge < -0.3 is 10.2 Å². The number of nitrogens with one attached hydrogen (secondary N) is 1. The summed E-state index contributed by atoms with van der Waals surface area (Å²) < 4.78 is 0.967. The average molecular weight is 391 g/mol. The number of benzene rings is 1. The lowest BCUT2D eigenvalue weighted by Gasteiger charge is -2.24. The Labute approximate surface area is 131 Å². The van der Waals surface area contributed by atoms with Gasteiger partial charge in [0.05, 0.1) is 5.56 Å². The van der Waals surface area contributed by atoms with Gasteiger partial charge in [-0.05, 0) is 60.1 Å². The van der Waals surface area contributed by atoms with Gasteiger partial charge in [-0.3, -0.25) is 4.79 Å². The Bertz CT molecular complexity index is 508. The third-order valence-electron chi connectivity index (χ3n) is 3.97. The second-order valence-corrected chi connectivity index (χ2v) is 6.90. The highest BCUT2D eigenvalue weighted by Gasteiger charge is 2.31. The van der Waals surface area contributed by atoms with E-state index in [1.165, 1.54) is 12.8 Å². The molecule has 1 N–H and O–H groups in total. The van der Waals surface area contributed by atoms with Crippen molar-refractivity contribution < 1.29 is 4.79 Å². The third-order valence-corrected chi connectivity index (χ3v) is 5.15. The molecule has 2 aliphatic heterocycles. The van der Waals surface area contributed by atoms with Crippen LogP contribution in [-0.4, -0.2) is 36.0 Å². The first-order valence-electron chi connectivity index (χ1n) is 6.64. The molecule has 2 bridgehead atoms. The molecule has 0 aliphatic carbocycles. The lowest BCUT2D eigenvalue weighted by molar-refractivity contribution is 0.0747. The minimum atomic E-state index is 0.112. The molecule has 0 spiro atoms. The predicted octanol–water partition coefficient (Wildman–Crippen LogP) is 2.91. The Balaban J connectivity index is 1.81. The zero-order valence-electron chi connectivity index (χ0n) is 10.5. The molecule has 0 aromatic heterocycles. The van der Waals surface area contributed by atoms with Crippen molar-refractivity contribution in [3.8, 4) is 0 Å². The Kier molecular flexibility index (Phi) is 4.01. The summed E-state index contributed by atoms with van der Waals surface area (Å²) >= 11 is 8.21. The number of rotatable bonds is 1. The lowest BCUT2D eigenvalue weighted by atomic mass is 10.1. The Morgan fingerprint density at radius 3 is 2.95 bits per heavy atom. The van der Waals surface area contributed by atoms with E-state index in [9.17, 15) is 4.79 Å². The van der Waals surface area contributed by atoms with Crippen molar-refractivity contribution in [1.29, 1.82) is 0 Å². The minimum Gasteiger partial charge on any atom is -0.337 e. The highest BCUT2D eigenvalue weighted by Crippen LogP contribution is 2.24. The van der Waals surface area contributed by atoms with Crippen LogP contribution in [0.15, 0.2) is 18.2 Å². The standard InChI is InChI=1S/C14H16ClIN2O/c15-9-1-4-13(16)12(7-9)14(19)18-6-5-10-2-3-11(8-18)17-10/h1,4,7,10-11,17H,2-3,5-6,8H2. The first-order valence-corrected chi connectivity index (χ1v) is 8.09. The zero-order valence-corrected chi connectivity index (χ0v) is 13.4. The normalized spacial score (nSPS) is 26.3. The highest BCUT2D eigenvalue weighted by molar-refractivity contribution is 14.1. The monoisotopic (exact) mass is 390 g/mol. The average Bonchev–Trinajstić information content (AvgIpc) is 2.71. The van der Waals surface area contributed by atoms with Gasteiger partial charge in [-0.1, -0.05) is 11.6 Å². The molecule has 19 heavy (non-hydrogen) atoms. The Morgan fingerprint density at radius 1 is 1.32 bits per heavy atom. The van der Waals surface area contributed by atoms with Crippen LogP contribution in [-0.2, 0) is 0 Å². The molecule has 2 saturated heterocycles. The highest BCUT2D eigenvalue weighted by atomic mass is 127. The van der Waals surface area contributed by atoms with Gasteiger partial charge in [0.25, 0.3) is 5.91 Å². The molecule has 0 radical (unpaired) electrons. The van der Waals surface area contributed by atoms with Crippen LogP contribution in [0, 0.1) is 3.57 Å². The number of nitrogens with zero attached hydrogens (tertiary/aromatic N) is 1. The maximum absolute atomic E-state index is 12.6. The first kappa shape index (κ1) is 13.6. The maximum Gasteiger partial charge on any atom is 0.255 e. The van der Waals surface area contributed by atoms with Crippen molar-refractivity contribution in [3.63, 3.8) is 0 Å². The molecule has 5 heteroatoms. The summed E-state index contributed by atoms with van der Waals surface area (Å²) in [5, 5.41) is 4.22. The smallest absolute Gasteiger partial charge is 0.255 e. The fourth-order valence-electron chi connectivity index (χ4n) is 2.96. The van der Waals surface area contributed by atoms with Gasteiger partial charge in [0.2, 0.25) is 0 Å². The van der Waals surface area contributed by atoms with Gasteiger partial charge in [0.1, 0.15) is 0 Å². The van der Waals surface area contributed by atoms with E-state index in [1.54, 1.807) is 6.07 Å². The number of carbonyl (C=O) groups excluding carboxylic acids is 1. The Hall–Kier alpha value is -0.330. The van der Waals surface area contributed by atoms with Crippen LogP contribution >= 0.6 is 34.2 Å². The van der Waals surface area contributed by atoms with Crippen LogP contribution in [0.5, 0.6) is 0 Å². The fraction of sp³-hybridized carbons (Fsp3) is 0.500. The molecular formula is C14H16ClIN2O. The van der Waals surface area contributed by atoms with E-state index in [4.69, 9.17) is 11.6 Å². The number of carbonyl (C=O) groups is 1. The summed E-state index contributed by atoms with van der Waals surface area (Å²) in [6.45, 7) is 1.66. The van der Waals surface area contributed by atoms with E-state index < -0.39 is 0 Å². The minimum absolute atomic E-state index is 0.112. The summed E-state index contributed by atoms with van der Waals surface area (Å²) in [6, 6.07) is 6.57. The van der Waals surface area contributed by atoms with Crippen LogP contribution in [0.4, 0.5) is 0 Å². The third kappa shape index (κ3) is 2.90. The van der Waals surface area contributed by atoms with Crippen molar-refractivity contribution in [2.75, 3.05) is 13.1 Å². The van der Waals surface area contributed by atoms with Crippen LogP contribution in [0.3, 0.4) is 0 Å². The number of halogens is 2. The second-order valence-electron chi connectivity index (χ2n) is 5.30. The number of amides is 1. The number of hydrogen-bond donors (Lipinski definition) is 1. The molecule has 2 aliphatic rings. The lowest BCUT2D eigenvalue weighted by Crippen LogP contribution is -2.39. The maximum atomic E-state index is 12.6. The van der Waals surface area contributed by atoms with Gasteiger partial charge in [0.15, 0.2) is 0 Å². The van der Waals surface area contributed by atoms with Crippen LogP contribution < -0.4 is 5.32 Å². The molecule has 2 atom stereocenters. The largest absolute Gasteiger partial charge is 0.337 e. The zero-order chi connectivity index (χ0) is 13.4. The van der Waals surface area contributed by atoms with E-state index in [2.05, 4.69) is 27.9 Å². The summed E-state index contributed by atoms with van der Waals surface area (Å²) in [5.41, 5.74) is 0.728. The molecular weight excluding hydrogens is 375 g/mol.